The van der Waals surface area contributed by atoms with Gasteiger partial charge in [0.1, 0.15) is 17.2 Å². The Morgan fingerprint density at radius 2 is 2.00 bits per heavy atom. The Labute approximate surface area is 191 Å². The number of hydrogen-bond donors (Lipinski definition) is 2. The minimum Gasteiger partial charge on any atom is -0.495 e. The number of H-pyrrole nitrogens is 1. The second-order valence-electron chi connectivity index (χ2n) is 7.16. The molecule has 8 nitrogen and oxygen atoms in total. The molecule has 3 rings (SSSR count). The third-order valence-electron chi connectivity index (χ3n) is 5.04. The summed E-state index contributed by atoms with van der Waals surface area (Å²) in [6.45, 7) is 6.18. The van der Waals surface area contributed by atoms with Crippen molar-refractivity contribution < 1.29 is 23.5 Å². The predicted molar refractivity (Wildman–Crippen MR) is 121 cm³/mol. The second kappa shape index (κ2) is 10.3. The number of urea groups is 1. The SMILES string of the molecule is CCOC(=O)c1[nH]c(C)c(CN(Cc2ccco2)C(=O)Nc2cc(Cl)ccc2OC)c1C. The van der Waals surface area contributed by atoms with Crippen LogP contribution >= 0.6 is 11.6 Å². The highest BCUT2D eigenvalue weighted by molar-refractivity contribution is 6.31. The van der Waals surface area contributed by atoms with E-state index in [1.54, 1.807) is 48.4 Å². The first-order chi connectivity index (χ1) is 15.3. The van der Waals surface area contributed by atoms with Crippen LogP contribution in [0.15, 0.2) is 41.0 Å². The highest BCUT2D eigenvalue weighted by Crippen LogP contribution is 2.29. The number of benzene rings is 1. The van der Waals surface area contributed by atoms with Gasteiger partial charge in [0.2, 0.25) is 0 Å². The van der Waals surface area contributed by atoms with Crippen LogP contribution in [0.3, 0.4) is 0 Å². The van der Waals surface area contributed by atoms with Gasteiger partial charge in [-0.15, -0.1) is 0 Å². The Balaban J connectivity index is 1.90. The molecule has 0 aliphatic heterocycles. The monoisotopic (exact) mass is 459 g/mol. The molecule has 2 amide bonds. The van der Waals surface area contributed by atoms with Crippen molar-refractivity contribution >= 4 is 29.3 Å². The maximum atomic E-state index is 13.3. The molecule has 0 aliphatic carbocycles. The molecule has 1 aromatic carbocycles. The van der Waals surface area contributed by atoms with E-state index >= 15 is 0 Å². The van der Waals surface area contributed by atoms with Gasteiger partial charge in [0.25, 0.3) is 0 Å². The summed E-state index contributed by atoms with van der Waals surface area (Å²) in [5.41, 5.74) is 3.17. The number of rotatable bonds is 8. The Bertz CT molecular complexity index is 1090. The molecule has 0 aliphatic rings. The maximum Gasteiger partial charge on any atom is 0.355 e. The van der Waals surface area contributed by atoms with E-state index in [0.717, 1.165) is 16.8 Å². The van der Waals surface area contributed by atoms with Gasteiger partial charge in [-0.25, -0.2) is 9.59 Å². The zero-order valence-electron chi connectivity index (χ0n) is 18.5. The molecular formula is C23H26ClN3O5. The number of nitrogens with zero attached hydrogens (tertiary/aromatic N) is 1. The number of aromatic amines is 1. The number of aryl methyl sites for hydroxylation is 1. The largest absolute Gasteiger partial charge is 0.495 e. The number of halogens is 1. The predicted octanol–water partition coefficient (Wildman–Crippen LogP) is 5.30. The fourth-order valence-electron chi connectivity index (χ4n) is 3.39. The smallest absolute Gasteiger partial charge is 0.355 e. The van der Waals surface area contributed by atoms with Crippen molar-refractivity contribution in [3.63, 3.8) is 0 Å². The van der Waals surface area contributed by atoms with Gasteiger partial charge in [-0.2, -0.15) is 0 Å². The number of methoxy groups -OCH3 is 1. The minimum absolute atomic E-state index is 0.223. The molecule has 0 bridgehead atoms. The fraction of sp³-hybridized carbons (Fsp3) is 0.304. The van der Waals surface area contributed by atoms with Crippen molar-refractivity contribution in [1.29, 1.82) is 0 Å². The molecule has 0 fully saturated rings. The standard InChI is InChI=1S/C23H26ClN3O5/c1-5-31-22(28)21-14(2)18(15(3)25-21)13-27(12-17-7-6-10-32-17)23(29)26-19-11-16(24)8-9-20(19)30-4/h6-11,25H,5,12-13H2,1-4H3,(H,26,29). The Morgan fingerprint density at radius 1 is 1.22 bits per heavy atom. The molecule has 2 heterocycles. The van der Waals surface area contributed by atoms with Crippen LogP contribution in [-0.4, -0.2) is 35.6 Å². The number of carbonyl (C=O) groups excluding carboxylic acids is 2. The third kappa shape index (κ3) is 5.26. The van der Waals surface area contributed by atoms with E-state index in [1.807, 2.05) is 13.8 Å². The normalized spacial score (nSPS) is 10.7. The van der Waals surface area contributed by atoms with Gasteiger partial charge < -0.3 is 29.1 Å². The highest BCUT2D eigenvalue weighted by Gasteiger charge is 2.23. The molecule has 2 aromatic heterocycles. The number of carbonyl (C=O) groups is 2. The summed E-state index contributed by atoms with van der Waals surface area (Å²) >= 11 is 6.10. The minimum atomic E-state index is -0.426. The quantitative estimate of drug-likeness (QED) is 0.445. The van der Waals surface area contributed by atoms with Crippen molar-refractivity contribution in [2.24, 2.45) is 0 Å². The molecule has 0 radical (unpaired) electrons. The lowest BCUT2D eigenvalue weighted by atomic mass is 10.1. The van der Waals surface area contributed by atoms with Crippen molar-refractivity contribution in [3.05, 3.63) is 69.9 Å². The van der Waals surface area contributed by atoms with E-state index in [-0.39, 0.29) is 25.7 Å². The molecular weight excluding hydrogens is 434 g/mol. The van der Waals surface area contributed by atoms with Crippen LogP contribution in [-0.2, 0) is 17.8 Å². The summed E-state index contributed by atoms with van der Waals surface area (Å²) in [5.74, 6) is 0.680. The number of furan rings is 1. The molecule has 170 valence electrons. The van der Waals surface area contributed by atoms with Gasteiger partial charge in [-0.05, 0) is 62.2 Å². The van der Waals surface area contributed by atoms with E-state index in [0.29, 0.717) is 27.9 Å². The van der Waals surface area contributed by atoms with E-state index in [1.165, 1.54) is 7.11 Å². The number of hydrogen-bond acceptors (Lipinski definition) is 5. The zero-order chi connectivity index (χ0) is 23.3. The van der Waals surface area contributed by atoms with E-state index in [4.69, 9.17) is 25.5 Å². The van der Waals surface area contributed by atoms with Crippen LogP contribution in [0.25, 0.3) is 0 Å². The lowest BCUT2D eigenvalue weighted by molar-refractivity contribution is 0.0519. The number of amides is 2. The summed E-state index contributed by atoms with van der Waals surface area (Å²) < 4.78 is 15.9. The van der Waals surface area contributed by atoms with Crippen LogP contribution in [0.4, 0.5) is 10.5 Å². The first kappa shape index (κ1) is 23.3. The van der Waals surface area contributed by atoms with Gasteiger partial charge in [0.15, 0.2) is 0 Å². The molecule has 0 saturated carbocycles. The molecule has 2 N–H and O–H groups in total. The van der Waals surface area contributed by atoms with Crippen molar-refractivity contribution in [2.75, 3.05) is 19.0 Å². The van der Waals surface area contributed by atoms with Crippen molar-refractivity contribution in [3.8, 4) is 5.75 Å². The number of esters is 1. The first-order valence-corrected chi connectivity index (χ1v) is 10.5. The summed E-state index contributed by atoms with van der Waals surface area (Å²) in [6.07, 6.45) is 1.55. The van der Waals surface area contributed by atoms with Crippen molar-refractivity contribution in [2.45, 2.75) is 33.9 Å². The fourth-order valence-corrected chi connectivity index (χ4v) is 3.56. The molecule has 0 atom stereocenters. The summed E-state index contributed by atoms with van der Waals surface area (Å²) in [7, 11) is 1.52. The number of aromatic nitrogens is 1. The average Bonchev–Trinajstić information content (AvgIpc) is 3.37. The number of anilines is 1. The van der Waals surface area contributed by atoms with E-state index < -0.39 is 5.97 Å². The summed E-state index contributed by atoms with van der Waals surface area (Å²) in [6, 6.07) is 8.16. The van der Waals surface area contributed by atoms with Crippen molar-refractivity contribution in [1.82, 2.24) is 9.88 Å². The Morgan fingerprint density at radius 3 is 2.66 bits per heavy atom. The Hall–Kier alpha value is -3.39. The molecule has 9 heteroatoms. The summed E-state index contributed by atoms with van der Waals surface area (Å²) in [4.78, 5) is 30.2. The van der Waals surface area contributed by atoms with Crippen LogP contribution in [0, 0.1) is 13.8 Å². The van der Waals surface area contributed by atoms with Crippen LogP contribution in [0.2, 0.25) is 5.02 Å². The topological polar surface area (TPSA) is 96.8 Å². The Kier molecular flexibility index (Phi) is 7.48. The van der Waals surface area contributed by atoms with Crippen LogP contribution in [0.1, 0.15) is 40.0 Å². The lowest BCUT2D eigenvalue weighted by Crippen LogP contribution is -2.34. The molecule has 3 aromatic rings. The number of nitrogens with one attached hydrogen (secondary N) is 2. The average molecular weight is 460 g/mol. The summed E-state index contributed by atoms with van der Waals surface area (Å²) in [5, 5.41) is 3.33. The van der Waals surface area contributed by atoms with Gasteiger partial charge in [0, 0.05) is 17.3 Å². The van der Waals surface area contributed by atoms with E-state index in [2.05, 4.69) is 10.3 Å². The molecule has 0 spiro atoms. The molecule has 0 unspecified atom stereocenters. The molecule has 0 saturated heterocycles. The third-order valence-corrected chi connectivity index (χ3v) is 5.27. The van der Waals surface area contributed by atoms with Crippen LogP contribution in [0.5, 0.6) is 5.75 Å². The van der Waals surface area contributed by atoms with Gasteiger partial charge in [-0.1, -0.05) is 11.6 Å². The lowest BCUT2D eigenvalue weighted by Gasteiger charge is -2.23. The van der Waals surface area contributed by atoms with E-state index in [9.17, 15) is 9.59 Å². The number of ether oxygens (including phenoxy) is 2. The van der Waals surface area contributed by atoms with Gasteiger partial charge >= 0.3 is 12.0 Å². The van der Waals surface area contributed by atoms with Gasteiger partial charge in [0.05, 0.1) is 32.2 Å². The zero-order valence-corrected chi connectivity index (χ0v) is 19.2. The van der Waals surface area contributed by atoms with Crippen LogP contribution < -0.4 is 10.1 Å². The highest BCUT2D eigenvalue weighted by atomic mass is 35.5. The first-order valence-electron chi connectivity index (χ1n) is 10.1. The maximum absolute atomic E-state index is 13.3. The second-order valence-corrected chi connectivity index (χ2v) is 7.60. The van der Waals surface area contributed by atoms with Gasteiger partial charge in [-0.3, -0.25) is 0 Å². The molecule has 32 heavy (non-hydrogen) atoms.